The quantitative estimate of drug-likeness (QED) is 0.717. The first-order valence-corrected chi connectivity index (χ1v) is 4.41. The molecule has 0 saturated carbocycles. The van der Waals surface area contributed by atoms with Gasteiger partial charge in [0.15, 0.2) is 0 Å². The number of ether oxygens (including phenoxy) is 1. The summed E-state index contributed by atoms with van der Waals surface area (Å²) in [5.74, 6) is 0. The van der Waals surface area contributed by atoms with Crippen LogP contribution in [0.25, 0.3) is 0 Å². The molecule has 1 N–H and O–H groups in total. The molecule has 0 bridgehead atoms. The fourth-order valence-corrected chi connectivity index (χ4v) is 1.16. The van der Waals surface area contributed by atoms with Crippen molar-refractivity contribution in [2.75, 3.05) is 25.6 Å². The van der Waals surface area contributed by atoms with Crippen LogP contribution in [0.5, 0.6) is 0 Å². The molecular weight excluding hydrogens is 164 g/mol. The van der Waals surface area contributed by atoms with Gasteiger partial charge in [0.1, 0.15) is 0 Å². The second-order valence-corrected chi connectivity index (χ2v) is 3.01. The average Bonchev–Trinajstić information content (AvgIpc) is 2.09. The maximum Gasteiger partial charge on any atom is 0.0635 e. The Kier molecular flexibility index (Phi) is 3.71. The molecular formula is C10H16N2O. The second-order valence-electron chi connectivity index (χ2n) is 3.01. The third-order valence-electron chi connectivity index (χ3n) is 1.85. The van der Waals surface area contributed by atoms with E-state index in [4.69, 9.17) is 4.74 Å². The van der Waals surface area contributed by atoms with E-state index in [-0.39, 0.29) is 0 Å². The minimum Gasteiger partial charge on any atom is -0.383 e. The zero-order valence-electron chi connectivity index (χ0n) is 8.42. The molecule has 0 atom stereocenters. The van der Waals surface area contributed by atoms with Crippen LogP contribution >= 0.6 is 0 Å². The Morgan fingerprint density at radius 1 is 1.38 bits per heavy atom. The van der Waals surface area contributed by atoms with Gasteiger partial charge in [0.25, 0.3) is 0 Å². The highest BCUT2D eigenvalue weighted by atomic mass is 16.5. The molecule has 3 nitrogen and oxygen atoms in total. The Balaban J connectivity index is 2.56. The summed E-state index contributed by atoms with van der Waals surface area (Å²) < 4.78 is 4.94. The molecule has 72 valence electrons. The van der Waals surface area contributed by atoms with Gasteiger partial charge in [0.05, 0.1) is 18.0 Å². The Labute approximate surface area is 79.1 Å². The van der Waals surface area contributed by atoms with Gasteiger partial charge in [-0.25, -0.2) is 0 Å². The maximum absolute atomic E-state index is 4.94. The van der Waals surface area contributed by atoms with Crippen molar-refractivity contribution in [1.82, 2.24) is 4.98 Å². The predicted octanol–water partition coefficient (Wildman–Crippen LogP) is 1.76. The number of hydrogen-bond donors (Lipinski definition) is 1. The van der Waals surface area contributed by atoms with Gasteiger partial charge in [0, 0.05) is 19.3 Å². The molecule has 1 heterocycles. The van der Waals surface area contributed by atoms with Crippen molar-refractivity contribution in [3.8, 4) is 0 Å². The van der Waals surface area contributed by atoms with Crippen molar-refractivity contribution in [1.29, 1.82) is 0 Å². The standard InChI is InChI=1S/C10H16N2O/c1-8-4-5-10(9(2)12-8)11-6-7-13-3/h4-5,11H,6-7H2,1-3H3. The molecule has 0 amide bonds. The monoisotopic (exact) mass is 180 g/mol. The first kappa shape index (κ1) is 9.99. The van der Waals surface area contributed by atoms with Crippen molar-refractivity contribution in [2.24, 2.45) is 0 Å². The average molecular weight is 180 g/mol. The summed E-state index contributed by atoms with van der Waals surface area (Å²) in [5.41, 5.74) is 3.17. The van der Waals surface area contributed by atoms with E-state index in [1.807, 2.05) is 26.0 Å². The summed E-state index contributed by atoms with van der Waals surface area (Å²) in [6.45, 7) is 5.53. The first-order chi connectivity index (χ1) is 6.24. The van der Waals surface area contributed by atoms with E-state index >= 15 is 0 Å². The summed E-state index contributed by atoms with van der Waals surface area (Å²) in [4.78, 5) is 4.35. The number of methoxy groups -OCH3 is 1. The highest BCUT2D eigenvalue weighted by Gasteiger charge is 1.97. The van der Waals surface area contributed by atoms with E-state index in [2.05, 4.69) is 10.3 Å². The fourth-order valence-electron chi connectivity index (χ4n) is 1.16. The van der Waals surface area contributed by atoms with Gasteiger partial charge in [-0.15, -0.1) is 0 Å². The molecule has 1 aromatic rings. The minimum atomic E-state index is 0.716. The SMILES string of the molecule is COCCNc1ccc(C)nc1C. The smallest absolute Gasteiger partial charge is 0.0635 e. The van der Waals surface area contributed by atoms with Gasteiger partial charge in [-0.05, 0) is 26.0 Å². The summed E-state index contributed by atoms with van der Waals surface area (Å²) in [6.07, 6.45) is 0. The van der Waals surface area contributed by atoms with E-state index in [0.29, 0.717) is 6.61 Å². The number of rotatable bonds is 4. The van der Waals surface area contributed by atoms with E-state index in [0.717, 1.165) is 23.6 Å². The number of anilines is 1. The van der Waals surface area contributed by atoms with Crippen LogP contribution in [0.2, 0.25) is 0 Å². The zero-order valence-corrected chi connectivity index (χ0v) is 8.42. The van der Waals surface area contributed by atoms with Gasteiger partial charge < -0.3 is 10.1 Å². The fraction of sp³-hybridized carbons (Fsp3) is 0.500. The Bertz CT molecular complexity index is 274. The highest BCUT2D eigenvalue weighted by Crippen LogP contribution is 2.11. The van der Waals surface area contributed by atoms with Crippen molar-refractivity contribution >= 4 is 5.69 Å². The molecule has 1 aromatic heterocycles. The highest BCUT2D eigenvalue weighted by molar-refractivity contribution is 5.47. The van der Waals surface area contributed by atoms with E-state index < -0.39 is 0 Å². The van der Waals surface area contributed by atoms with E-state index in [9.17, 15) is 0 Å². The van der Waals surface area contributed by atoms with Crippen LogP contribution < -0.4 is 5.32 Å². The van der Waals surface area contributed by atoms with Crippen LogP contribution in [0.1, 0.15) is 11.4 Å². The Morgan fingerprint density at radius 3 is 2.77 bits per heavy atom. The normalized spacial score (nSPS) is 10.1. The van der Waals surface area contributed by atoms with E-state index in [1.54, 1.807) is 7.11 Å². The lowest BCUT2D eigenvalue weighted by molar-refractivity contribution is 0.211. The van der Waals surface area contributed by atoms with Gasteiger partial charge in [-0.1, -0.05) is 0 Å². The maximum atomic E-state index is 4.94. The van der Waals surface area contributed by atoms with E-state index in [1.165, 1.54) is 0 Å². The number of nitrogens with zero attached hydrogens (tertiary/aromatic N) is 1. The summed E-state index contributed by atoms with van der Waals surface area (Å²) >= 11 is 0. The third-order valence-corrected chi connectivity index (χ3v) is 1.85. The second kappa shape index (κ2) is 4.82. The van der Waals surface area contributed by atoms with Crippen LogP contribution in [-0.4, -0.2) is 25.2 Å². The Hall–Kier alpha value is -1.09. The van der Waals surface area contributed by atoms with Crippen LogP contribution in [-0.2, 0) is 4.74 Å². The van der Waals surface area contributed by atoms with Crippen LogP contribution in [0.3, 0.4) is 0 Å². The third kappa shape index (κ3) is 3.03. The molecule has 13 heavy (non-hydrogen) atoms. The van der Waals surface area contributed by atoms with Crippen molar-refractivity contribution in [2.45, 2.75) is 13.8 Å². The molecule has 3 heteroatoms. The van der Waals surface area contributed by atoms with Gasteiger partial charge in [-0.3, -0.25) is 4.98 Å². The Morgan fingerprint density at radius 2 is 2.15 bits per heavy atom. The van der Waals surface area contributed by atoms with Crippen molar-refractivity contribution in [3.05, 3.63) is 23.5 Å². The molecule has 0 spiro atoms. The largest absolute Gasteiger partial charge is 0.383 e. The molecule has 0 aliphatic carbocycles. The first-order valence-electron chi connectivity index (χ1n) is 4.41. The van der Waals surface area contributed by atoms with Gasteiger partial charge in [-0.2, -0.15) is 0 Å². The molecule has 0 saturated heterocycles. The molecule has 0 aliphatic rings. The number of pyridine rings is 1. The number of nitrogens with one attached hydrogen (secondary N) is 1. The summed E-state index contributed by atoms with van der Waals surface area (Å²) in [6, 6.07) is 4.05. The summed E-state index contributed by atoms with van der Waals surface area (Å²) in [7, 11) is 1.70. The van der Waals surface area contributed by atoms with Gasteiger partial charge in [0.2, 0.25) is 0 Å². The molecule has 0 aromatic carbocycles. The van der Waals surface area contributed by atoms with Crippen LogP contribution in [0, 0.1) is 13.8 Å². The molecule has 0 radical (unpaired) electrons. The number of aromatic nitrogens is 1. The lowest BCUT2D eigenvalue weighted by atomic mass is 10.3. The molecule has 0 unspecified atom stereocenters. The topological polar surface area (TPSA) is 34.1 Å². The molecule has 0 fully saturated rings. The molecule has 0 aliphatic heterocycles. The number of hydrogen-bond acceptors (Lipinski definition) is 3. The lowest BCUT2D eigenvalue weighted by Gasteiger charge is -2.08. The predicted molar refractivity (Wildman–Crippen MR) is 54.1 cm³/mol. The van der Waals surface area contributed by atoms with Gasteiger partial charge >= 0.3 is 0 Å². The van der Waals surface area contributed by atoms with Crippen LogP contribution in [0.4, 0.5) is 5.69 Å². The van der Waals surface area contributed by atoms with Crippen LogP contribution in [0.15, 0.2) is 12.1 Å². The zero-order chi connectivity index (χ0) is 9.68. The summed E-state index contributed by atoms with van der Waals surface area (Å²) in [5, 5.41) is 3.25. The molecule has 1 rings (SSSR count). The van der Waals surface area contributed by atoms with Crippen molar-refractivity contribution in [3.63, 3.8) is 0 Å². The lowest BCUT2D eigenvalue weighted by Crippen LogP contribution is -2.09. The minimum absolute atomic E-state index is 0.716. The van der Waals surface area contributed by atoms with Crippen molar-refractivity contribution < 1.29 is 4.74 Å². The number of aryl methyl sites for hydroxylation is 2.